The van der Waals surface area contributed by atoms with Crippen LogP contribution in [0.5, 0.6) is 5.75 Å². The Bertz CT molecular complexity index is 963. The summed E-state index contributed by atoms with van der Waals surface area (Å²) < 4.78 is 6.15. The number of likely N-dealkylation sites (N-methyl/N-ethyl adjacent to an activating group) is 1. The fourth-order valence-electron chi connectivity index (χ4n) is 4.57. The van der Waals surface area contributed by atoms with Gasteiger partial charge in [-0.25, -0.2) is 0 Å². The van der Waals surface area contributed by atoms with Gasteiger partial charge in [0.1, 0.15) is 5.75 Å². The van der Waals surface area contributed by atoms with Gasteiger partial charge in [0, 0.05) is 37.9 Å². The van der Waals surface area contributed by atoms with Crippen LogP contribution in [0.25, 0.3) is 6.08 Å². The summed E-state index contributed by atoms with van der Waals surface area (Å²) in [5.41, 5.74) is 11.2. The summed E-state index contributed by atoms with van der Waals surface area (Å²) in [7, 11) is 0. The first-order valence-corrected chi connectivity index (χ1v) is 12.1. The van der Waals surface area contributed by atoms with Gasteiger partial charge >= 0.3 is 0 Å². The Morgan fingerprint density at radius 3 is 2.48 bits per heavy atom. The third-order valence-electron chi connectivity index (χ3n) is 6.86. The molecule has 5 heteroatoms. The number of likely N-dealkylation sites (tertiary alicyclic amines) is 1. The maximum atomic E-state index is 13.3. The van der Waals surface area contributed by atoms with Gasteiger partial charge in [-0.1, -0.05) is 42.5 Å². The highest BCUT2D eigenvalue weighted by Gasteiger charge is 2.30. The molecule has 178 valence electrons. The number of carbonyl (C=O) groups is 1. The summed E-state index contributed by atoms with van der Waals surface area (Å²) in [6, 6.07) is 12.6. The lowest BCUT2D eigenvalue weighted by Gasteiger charge is -2.38. The summed E-state index contributed by atoms with van der Waals surface area (Å²) >= 11 is 0. The Balaban J connectivity index is 1.55. The molecule has 5 nitrogen and oxygen atoms in total. The standard InChI is InChI=1S/C28H39N3O2/c1-6-31(28(32)23(5)33-26-19-20(2)27(29)22(4)21(26)3)25-14-17-30(18-15-25)16-10-13-24-11-8-7-9-12-24/h7-13,19,23,25H,6,14-18,29H2,1-5H3/b13-10+. The zero-order valence-electron chi connectivity index (χ0n) is 20.8. The first kappa shape index (κ1) is 24.8. The number of nitrogens with two attached hydrogens (primary N) is 1. The molecule has 3 rings (SSSR count). The van der Waals surface area contributed by atoms with E-state index in [1.54, 1.807) is 0 Å². The van der Waals surface area contributed by atoms with E-state index in [-0.39, 0.29) is 11.9 Å². The molecule has 0 spiro atoms. The van der Waals surface area contributed by atoms with E-state index in [0.29, 0.717) is 6.54 Å². The third kappa shape index (κ3) is 6.17. The van der Waals surface area contributed by atoms with Crippen LogP contribution in [0, 0.1) is 20.8 Å². The first-order chi connectivity index (χ1) is 15.8. The fraction of sp³-hybridized carbons (Fsp3) is 0.464. The minimum absolute atomic E-state index is 0.0615. The Morgan fingerprint density at radius 2 is 1.85 bits per heavy atom. The number of hydrogen-bond acceptors (Lipinski definition) is 4. The number of nitrogens with zero attached hydrogens (tertiary/aromatic N) is 2. The van der Waals surface area contributed by atoms with Crippen molar-refractivity contribution in [2.75, 3.05) is 31.9 Å². The number of anilines is 1. The molecule has 1 heterocycles. The van der Waals surface area contributed by atoms with E-state index < -0.39 is 6.10 Å². The average Bonchev–Trinajstić information content (AvgIpc) is 2.83. The number of rotatable bonds is 8. The molecule has 1 unspecified atom stereocenters. The monoisotopic (exact) mass is 449 g/mol. The molecule has 0 aromatic heterocycles. The van der Waals surface area contributed by atoms with Crippen LogP contribution in [-0.2, 0) is 4.79 Å². The highest BCUT2D eigenvalue weighted by atomic mass is 16.5. The van der Waals surface area contributed by atoms with Gasteiger partial charge in [0.15, 0.2) is 6.10 Å². The second-order valence-corrected chi connectivity index (χ2v) is 9.08. The van der Waals surface area contributed by atoms with Gasteiger partial charge in [0.2, 0.25) is 0 Å². The number of hydrogen-bond donors (Lipinski definition) is 1. The first-order valence-electron chi connectivity index (χ1n) is 12.1. The number of aryl methyl sites for hydroxylation is 1. The van der Waals surface area contributed by atoms with Gasteiger partial charge < -0.3 is 15.4 Å². The molecule has 1 aliphatic rings. The van der Waals surface area contributed by atoms with Crippen LogP contribution in [0.1, 0.15) is 48.9 Å². The van der Waals surface area contributed by atoms with Crippen LogP contribution >= 0.6 is 0 Å². The maximum absolute atomic E-state index is 13.3. The molecule has 33 heavy (non-hydrogen) atoms. The summed E-state index contributed by atoms with van der Waals surface area (Å²) in [5, 5.41) is 0. The SMILES string of the molecule is CCN(C(=O)C(C)Oc1cc(C)c(N)c(C)c1C)C1CCN(C/C=C/c2ccccc2)CC1. The highest BCUT2D eigenvalue weighted by Crippen LogP contribution is 2.30. The van der Waals surface area contributed by atoms with Crippen molar-refractivity contribution in [1.29, 1.82) is 0 Å². The van der Waals surface area contributed by atoms with Crippen molar-refractivity contribution in [2.45, 2.75) is 59.6 Å². The minimum Gasteiger partial charge on any atom is -0.481 e. The number of carbonyl (C=O) groups excluding carboxylic acids is 1. The predicted octanol–water partition coefficient (Wildman–Crippen LogP) is 4.99. The van der Waals surface area contributed by atoms with Crippen LogP contribution in [0.3, 0.4) is 0 Å². The van der Waals surface area contributed by atoms with Crippen molar-refractivity contribution in [3.05, 3.63) is 64.7 Å². The van der Waals surface area contributed by atoms with Gasteiger partial charge in [-0.2, -0.15) is 0 Å². The Labute approximate surface area is 199 Å². The van der Waals surface area contributed by atoms with Crippen LogP contribution in [0.4, 0.5) is 5.69 Å². The molecule has 0 bridgehead atoms. The zero-order chi connectivity index (χ0) is 24.0. The van der Waals surface area contributed by atoms with E-state index in [9.17, 15) is 4.79 Å². The van der Waals surface area contributed by atoms with Crippen LogP contribution in [-0.4, -0.2) is 54.0 Å². The van der Waals surface area contributed by atoms with E-state index >= 15 is 0 Å². The molecule has 2 aromatic rings. The highest BCUT2D eigenvalue weighted by molar-refractivity contribution is 5.81. The van der Waals surface area contributed by atoms with E-state index in [2.05, 4.69) is 48.2 Å². The molecule has 0 aliphatic carbocycles. The Hall–Kier alpha value is -2.79. The van der Waals surface area contributed by atoms with Gasteiger partial charge in [-0.3, -0.25) is 9.69 Å². The second kappa shape index (κ2) is 11.4. The van der Waals surface area contributed by atoms with Crippen molar-refractivity contribution in [1.82, 2.24) is 9.80 Å². The average molecular weight is 450 g/mol. The van der Waals surface area contributed by atoms with Gasteiger partial charge in [-0.15, -0.1) is 0 Å². The van der Waals surface area contributed by atoms with E-state index in [4.69, 9.17) is 10.5 Å². The van der Waals surface area contributed by atoms with Crippen molar-refractivity contribution in [3.8, 4) is 5.75 Å². The molecule has 1 aliphatic heterocycles. The second-order valence-electron chi connectivity index (χ2n) is 9.08. The number of nitrogen functional groups attached to an aromatic ring is 1. The summed E-state index contributed by atoms with van der Waals surface area (Å²) in [5.74, 6) is 0.808. The lowest BCUT2D eigenvalue weighted by atomic mass is 10.0. The summed E-state index contributed by atoms with van der Waals surface area (Å²) in [4.78, 5) is 17.8. The number of amides is 1. The lowest BCUT2D eigenvalue weighted by molar-refractivity contribution is -0.141. The van der Waals surface area contributed by atoms with Crippen LogP contribution in [0.15, 0.2) is 42.5 Å². The topological polar surface area (TPSA) is 58.8 Å². The number of ether oxygens (including phenoxy) is 1. The Kier molecular flexibility index (Phi) is 8.56. The Morgan fingerprint density at radius 1 is 1.18 bits per heavy atom. The van der Waals surface area contributed by atoms with Gasteiger partial charge in [0.25, 0.3) is 5.91 Å². The van der Waals surface area contributed by atoms with E-state index in [0.717, 1.165) is 60.6 Å². The smallest absolute Gasteiger partial charge is 0.263 e. The largest absolute Gasteiger partial charge is 0.481 e. The summed E-state index contributed by atoms with van der Waals surface area (Å²) in [6.45, 7) is 13.5. The van der Waals surface area contributed by atoms with Crippen molar-refractivity contribution in [3.63, 3.8) is 0 Å². The molecule has 1 atom stereocenters. The molecule has 1 saturated heterocycles. The van der Waals surface area contributed by atoms with Gasteiger partial charge in [0.05, 0.1) is 0 Å². The molecule has 0 radical (unpaired) electrons. The number of piperidine rings is 1. The van der Waals surface area contributed by atoms with Crippen LogP contribution < -0.4 is 10.5 Å². The van der Waals surface area contributed by atoms with Crippen molar-refractivity contribution < 1.29 is 9.53 Å². The maximum Gasteiger partial charge on any atom is 0.263 e. The van der Waals surface area contributed by atoms with Crippen molar-refractivity contribution >= 4 is 17.7 Å². The van der Waals surface area contributed by atoms with Crippen LogP contribution in [0.2, 0.25) is 0 Å². The number of benzene rings is 2. The zero-order valence-corrected chi connectivity index (χ0v) is 20.8. The minimum atomic E-state index is -0.530. The fourth-order valence-corrected chi connectivity index (χ4v) is 4.57. The molecule has 1 fully saturated rings. The molecule has 2 aromatic carbocycles. The van der Waals surface area contributed by atoms with E-state index in [1.807, 2.05) is 44.7 Å². The molecule has 2 N–H and O–H groups in total. The predicted molar refractivity (Wildman–Crippen MR) is 137 cm³/mol. The molecular formula is C28H39N3O2. The van der Waals surface area contributed by atoms with E-state index in [1.165, 1.54) is 5.56 Å². The van der Waals surface area contributed by atoms with Gasteiger partial charge in [-0.05, 0) is 75.8 Å². The molecule has 0 saturated carbocycles. The quantitative estimate of drug-likeness (QED) is 0.577. The normalized spacial score (nSPS) is 16.2. The summed E-state index contributed by atoms with van der Waals surface area (Å²) in [6.07, 6.45) is 5.86. The lowest BCUT2D eigenvalue weighted by Crippen LogP contribution is -2.50. The van der Waals surface area contributed by atoms with Crippen molar-refractivity contribution in [2.24, 2.45) is 0 Å². The molecular weight excluding hydrogens is 410 g/mol. The third-order valence-corrected chi connectivity index (χ3v) is 6.86. The molecule has 1 amide bonds.